The maximum atomic E-state index is 12.6. The van der Waals surface area contributed by atoms with E-state index in [0.717, 1.165) is 7.11 Å². The van der Waals surface area contributed by atoms with Crippen LogP contribution in [0.1, 0.15) is 5.69 Å². The first-order chi connectivity index (χ1) is 10.8. The van der Waals surface area contributed by atoms with Crippen molar-refractivity contribution in [1.82, 2.24) is 9.29 Å². The molecule has 8 nitrogen and oxygen atoms in total. The van der Waals surface area contributed by atoms with Crippen molar-refractivity contribution in [2.45, 2.75) is 4.90 Å². The van der Waals surface area contributed by atoms with Crippen LogP contribution in [0, 0.1) is 0 Å². The maximum Gasteiger partial charge on any atom is 0.359 e. The fourth-order valence-corrected chi connectivity index (χ4v) is 4.14. The van der Waals surface area contributed by atoms with Crippen LogP contribution >= 0.6 is 0 Å². The van der Waals surface area contributed by atoms with Crippen molar-refractivity contribution in [3.05, 3.63) is 29.6 Å². The number of nitrogens with zero attached hydrogens (tertiary/aromatic N) is 1. The summed E-state index contributed by atoms with van der Waals surface area (Å²) in [6, 6.07) is 4.91. The highest BCUT2D eigenvalue weighted by Gasteiger charge is 2.38. The van der Waals surface area contributed by atoms with Crippen LogP contribution in [0.3, 0.4) is 0 Å². The third kappa shape index (κ3) is 2.04. The minimum Gasteiger partial charge on any atom is -0.504 e. The molecule has 1 aromatic carbocycles. The fraction of sp³-hybridized carbons (Fsp3) is 0.214. The molecule has 2 aromatic rings. The SMILES string of the molecule is COC(=O)C1=C(O)c2c(c3cc(OC)ccc3n2C)S(=O)(=O)N1. The lowest BCUT2D eigenvalue weighted by Gasteiger charge is -2.18. The van der Waals surface area contributed by atoms with Gasteiger partial charge in [-0.1, -0.05) is 0 Å². The normalized spacial score (nSPS) is 16.0. The van der Waals surface area contributed by atoms with Crippen molar-refractivity contribution in [2.75, 3.05) is 14.2 Å². The van der Waals surface area contributed by atoms with E-state index in [1.54, 1.807) is 25.2 Å². The summed E-state index contributed by atoms with van der Waals surface area (Å²) in [5.41, 5.74) is 0.0733. The van der Waals surface area contributed by atoms with E-state index in [9.17, 15) is 18.3 Å². The molecule has 2 N–H and O–H groups in total. The number of rotatable bonds is 2. The average Bonchev–Trinajstić information content (AvgIpc) is 2.84. The molecule has 1 aliphatic heterocycles. The Morgan fingerprint density at radius 3 is 2.61 bits per heavy atom. The van der Waals surface area contributed by atoms with E-state index in [4.69, 9.17) is 4.74 Å². The molecule has 2 heterocycles. The van der Waals surface area contributed by atoms with Gasteiger partial charge in [-0.15, -0.1) is 0 Å². The van der Waals surface area contributed by atoms with Gasteiger partial charge in [-0.05, 0) is 18.2 Å². The molecule has 0 saturated heterocycles. The topological polar surface area (TPSA) is 107 Å². The molecule has 0 aliphatic carbocycles. The molecular formula is C14H14N2O6S. The molecule has 0 unspecified atom stereocenters. The summed E-state index contributed by atoms with van der Waals surface area (Å²) in [6.07, 6.45) is 0. The first-order valence-electron chi connectivity index (χ1n) is 6.53. The molecule has 0 radical (unpaired) electrons. The Labute approximate surface area is 132 Å². The monoisotopic (exact) mass is 338 g/mol. The number of hydrogen-bond acceptors (Lipinski definition) is 6. The van der Waals surface area contributed by atoms with Crippen LogP contribution in [0.4, 0.5) is 0 Å². The lowest BCUT2D eigenvalue weighted by atomic mass is 10.2. The van der Waals surface area contributed by atoms with Gasteiger partial charge in [-0.2, -0.15) is 0 Å². The van der Waals surface area contributed by atoms with Gasteiger partial charge in [-0.25, -0.2) is 13.2 Å². The Balaban J connectivity index is 2.45. The molecule has 23 heavy (non-hydrogen) atoms. The molecular weight excluding hydrogens is 324 g/mol. The van der Waals surface area contributed by atoms with Crippen molar-refractivity contribution < 1.29 is 27.8 Å². The van der Waals surface area contributed by atoms with Crippen molar-refractivity contribution >= 4 is 32.7 Å². The number of carbonyl (C=O) groups excluding carboxylic acids is 1. The van der Waals surface area contributed by atoms with Crippen molar-refractivity contribution in [2.24, 2.45) is 7.05 Å². The van der Waals surface area contributed by atoms with Gasteiger partial charge >= 0.3 is 5.97 Å². The van der Waals surface area contributed by atoms with Gasteiger partial charge in [0.1, 0.15) is 16.3 Å². The minimum atomic E-state index is -4.06. The van der Waals surface area contributed by atoms with Crippen molar-refractivity contribution in [3.8, 4) is 5.75 Å². The number of esters is 1. The number of aryl methyl sites for hydroxylation is 1. The molecule has 0 amide bonds. The molecule has 9 heteroatoms. The van der Waals surface area contributed by atoms with Crippen molar-refractivity contribution in [1.29, 1.82) is 0 Å². The minimum absolute atomic E-state index is 0.0207. The molecule has 0 bridgehead atoms. The fourth-order valence-electron chi connectivity index (χ4n) is 2.65. The van der Waals surface area contributed by atoms with Crippen LogP contribution in [0.25, 0.3) is 16.7 Å². The zero-order chi connectivity index (χ0) is 16.9. The van der Waals surface area contributed by atoms with E-state index in [1.807, 2.05) is 0 Å². The quantitative estimate of drug-likeness (QED) is 0.787. The Bertz CT molecular complexity index is 971. The Kier molecular flexibility index (Phi) is 3.25. The van der Waals surface area contributed by atoms with E-state index in [-0.39, 0.29) is 10.6 Å². The summed E-state index contributed by atoms with van der Waals surface area (Å²) >= 11 is 0. The second-order valence-corrected chi connectivity index (χ2v) is 6.56. The number of aliphatic hydroxyl groups is 1. The van der Waals surface area contributed by atoms with E-state index in [1.165, 1.54) is 11.7 Å². The van der Waals surface area contributed by atoms with Gasteiger partial charge in [0.2, 0.25) is 0 Å². The van der Waals surface area contributed by atoms with E-state index in [0.29, 0.717) is 16.7 Å². The first-order valence-corrected chi connectivity index (χ1v) is 8.01. The lowest BCUT2D eigenvalue weighted by molar-refractivity contribution is -0.136. The average molecular weight is 338 g/mol. The number of carbonyl (C=O) groups is 1. The van der Waals surface area contributed by atoms with Crippen LogP contribution < -0.4 is 9.46 Å². The van der Waals surface area contributed by atoms with E-state index in [2.05, 4.69) is 9.46 Å². The molecule has 0 saturated carbocycles. The number of benzene rings is 1. The van der Waals surface area contributed by atoms with Gasteiger partial charge in [0.05, 0.1) is 19.7 Å². The predicted octanol–water partition coefficient (Wildman–Crippen LogP) is 0.878. The second-order valence-electron chi connectivity index (χ2n) is 4.94. The predicted molar refractivity (Wildman–Crippen MR) is 81.4 cm³/mol. The molecule has 1 aliphatic rings. The standard InChI is InChI=1S/C14H14N2O6S/c1-16-9-5-4-7(21-2)6-8(9)13-11(16)12(17)10(14(18)22-3)15-23(13,19)20/h4-6,15,17H,1-3H3. The molecule has 0 fully saturated rings. The smallest absolute Gasteiger partial charge is 0.359 e. The highest BCUT2D eigenvalue weighted by atomic mass is 32.2. The summed E-state index contributed by atoms with van der Waals surface area (Å²) < 4.78 is 38.3. The second kappa shape index (κ2) is 4.92. The van der Waals surface area contributed by atoms with Gasteiger partial charge < -0.3 is 19.1 Å². The molecule has 1 aromatic heterocycles. The first kappa shape index (κ1) is 15.2. The summed E-state index contributed by atoms with van der Waals surface area (Å²) in [6.45, 7) is 0. The lowest BCUT2D eigenvalue weighted by Crippen LogP contribution is -2.33. The van der Waals surface area contributed by atoms with Gasteiger partial charge in [0.25, 0.3) is 10.0 Å². The molecule has 0 atom stereocenters. The van der Waals surface area contributed by atoms with Gasteiger partial charge in [0, 0.05) is 12.4 Å². The number of aliphatic hydroxyl groups excluding tert-OH is 1. The Hall–Kier alpha value is -2.68. The van der Waals surface area contributed by atoms with Gasteiger partial charge in [0.15, 0.2) is 11.5 Å². The number of sulfonamides is 1. The Morgan fingerprint density at radius 2 is 2.00 bits per heavy atom. The highest BCUT2D eigenvalue weighted by Crippen LogP contribution is 2.38. The zero-order valence-electron chi connectivity index (χ0n) is 12.6. The number of hydrogen-bond donors (Lipinski definition) is 2. The number of fused-ring (bicyclic) bond motifs is 3. The van der Waals surface area contributed by atoms with Crippen LogP contribution in [-0.2, 0) is 26.6 Å². The molecule has 3 rings (SSSR count). The molecule has 122 valence electrons. The summed E-state index contributed by atoms with van der Waals surface area (Å²) in [5, 5.41) is 10.7. The number of nitrogens with one attached hydrogen (secondary N) is 1. The van der Waals surface area contributed by atoms with Crippen LogP contribution in [-0.4, -0.2) is 38.3 Å². The third-order valence-electron chi connectivity index (χ3n) is 3.72. The number of methoxy groups -OCH3 is 2. The number of aromatic nitrogens is 1. The zero-order valence-corrected chi connectivity index (χ0v) is 13.4. The van der Waals surface area contributed by atoms with Crippen LogP contribution in [0.15, 0.2) is 28.8 Å². The van der Waals surface area contributed by atoms with Gasteiger partial charge in [-0.3, -0.25) is 4.72 Å². The summed E-state index contributed by atoms with van der Waals surface area (Å²) in [5.74, 6) is -0.984. The van der Waals surface area contributed by atoms with Crippen LogP contribution in [0.5, 0.6) is 5.75 Å². The number of ether oxygens (including phenoxy) is 2. The molecule has 0 spiro atoms. The maximum absolute atomic E-state index is 12.6. The third-order valence-corrected chi connectivity index (χ3v) is 5.14. The van der Waals surface area contributed by atoms with E-state index < -0.39 is 27.4 Å². The summed E-state index contributed by atoms with van der Waals surface area (Å²) in [4.78, 5) is 11.6. The Morgan fingerprint density at radius 1 is 1.30 bits per heavy atom. The largest absolute Gasteiger partial charge is 0.504 e. The highest BCUT2D eigenvalue weighted by molar-refractivity contribution is 7.90. The van der Waals surface area contributed by atoms with E-state index >= 15 is 0 Å². The summed E-state index contributed by atoms with van der Waals surface area (Å²) in [7, 11) is 0.106. The van der Waals surface area contributed by atoms with Crippen molar-refractivity contribution in [3.63, 3.8) is 0 Å². The van der Waals surface area contributed by atoms with Crippen LogP contribution in [0.2, 0.25) is 0 Å².